The van der Waals surface area contributed by atoms with Crippen LogP contribution in [0.25, 0.3) is 0 Å². The van der Waals surface area contributed by atoms with Gasteiger partial charge in [-0.3, -0.25) is 0 Å². The first-order chi connectivity index (χ1) is 15.8. The first kappa shape index (κ1) is 26.8. The molecule has 0 radical (unpaired) electrons. The number of likely N-dealkylation sites (N-methyl/N-ethyl adjacent to an activating group) is 1. The van der Waals surface area contributed by atoms with E-state index in [1.54, 1.807) is 0 Å². The van der Waals surface area contributed by atoms with Crippen molar-refractivity contribution in [2.24, 2.45) is 0 Å². The Kier molecular flexibility index (Phi) is 15.1. The van der Waals surface area contributed by atoms with Crippen LogP contribution in [-0.4, -0.2) is 29.6 Å². The van der Waals surface area contributed by atoms with E-state index >= 15 is 0 Å². The van der Waals surface area contributed by atoms with Crippen molar-refractivity contribution < 1.29 is 0 Å². The molecule has 0 aliphatic carbocycles. The highest BCUT2D eigenvalue weighted by Crippen LogP contribution is 2.20. The first-order valence-corrected chi connectivity index (χ1v) is 14.0. The highest BCUT2D eigenvalue weighted by Gasteiger charge is 2.23. The Bertz CT molecular complexity index is 567. The largest absolute Gasteiger partial charge is 0.359 e. The molecule has 0 N–H and O–H groups in total. The number of hydrogen-bond donors (Lipinski definition) is 0. The van der Waals surface area contributed by atoms with Gasteiger partial charge in [0.1, 0.15) is 6.17 Å². The molecular formula is C30H52N2. The number of hydrogen-bond acceptors (Lipinski definition) is 2. The van der Waals surface area contributed by atoms with Crippen molar-refractivity contribution in [3.05, 3.63) is 48.3 Å². The van der Waals surface area contributed by atoms with E-state index in [9.17, 15) is 0 Å². The molecule has 1 heterocycles. The first-order valence-electron chi connectivity index (χ1n) is 14.0. The fourth-order valence-electron chi connectivity index (χ4n) is 4.95. The average molecular weight is 441 g/mol. The van der Waals surface area contributed by atoms with Gasteiger partial charge >= 0.3 is 0 Å². The van der Waals surface area contributed by atoms with E-state index in [0.717, 1.165) is 6.42 Å². The number of benzene rings is 1. The SMILES string of the molecule is CCCCCCCCCCCCCCCCCCCN1C=CN(C)C1Cc1ccccc1. The normalized spacial score (nSPS) is 15.8. The summed E-state index contributed by atoms with van der Waals surface area (Å²) in [6.45, 7) is 3.49. The summed E-state index contributed by atoms with van der Waals surface area (Å²) in [5, 5.41) is 0. The average Bonchev–Trinajstić information content (AvgIpc) is 3.15. The number of rotatable bonds is 20. The number of nitrogens with zero attached hydrogens (tertiary/aromatic N) is 2. The summed E-state index contributed by atoms with van der Waals surface area (Å²) in [4.78, 5) is 4.90. The van der Waals surface area contributed by atoms with Gasteiger partial charge in [0.05, 0.1) is 0 Å². The van der Waals surface area contributed by atoms with Gasteiger partial charge in [-0.05, 0) is 12.0 Å². The highest BCUT2D eigenvalue weighted by molar-refractivity contribution is 5.17. The molecule has 0 amide bonds. The second kappa shape index (κ2) is 18.0. The van der Waals surface area contributed by atoms with Crippen LogP contribution < -0.4 is 0 Å². The van der Waals surface area contributed by atoms with E-state index in [2.05, 4.69) is 66.5 Å². The molecule has 1 aliphatic heterocycles. The minimum Gasteiger partial charge on any atom is -0.359 e. The Morgan fingerprint density at radius 2 is 1.06 bits per heavy atom. The van der Waals surface area contributed by atoms with Crippen molar-refractivity contribution >= 4 is 0 Å². The molecule has 2 nitrogen and oxygen atoms in total. The second-order valence-electron chi connectivity index (χ2n) is 10.0. The van der Waals surface area contributed by atoms with E-state index in [1.165, 1.54) is 121 Å². The van der Waals surface area contributed by atoms with Gasteiger partial charge in [-0.15, -0.1) is 0 Å². The Morgan fingerprint density at radius 1 is 0.594 bits per heavy atom. The molecule has 1 unspecified atom stereocenters. The third-order valence-corrected chi connectivity index (χ3v) is 7.13. The molecule has 182 valence electrons. The van der Waals surface area contributed by atoms with E-state index in [1.807, 2.05) is 0 Å². The van der Waals surface area contributed by atoms with Crippen LogP contribution in [0.4, 0.5) is 0 Å². The maximum Gasteiger partial charge on any atom is 0.104 e. The van der Waals surface area contributed by atoms with Crippen molar-refractivity contribution in [3.8, 4) is 0 Å². The molecule has 1 aromatic rings. The zero-order valence-corrected chi connectivity index (χ0v) is 21.4. The van der Waals surface area contributed by atoms with Crippen LogP contribution in [0, 0.1) is 0 Å². The van der Waals surface area contributed by atoms with Crippen LogP contribution in [0.5, 0.6) is 0 Å². The van der Waals surface area contributed by atoms with Gasteiger partial charge in [-0.1, -0.05) is 140 Å². The van der Waals surface area contributed by atoms with E-state index in [4.69, 9.17) is 0 Å². The molecule has 1 atom stereocenters. The zero-order chi connectivity index (χ0) is 22.7. The summed E-state index contributed by atoms with van der Waals surface area (Å²) < 4.78 is 0. The van der Waals surface area contributed by atoms with Gasteiger partial charge in [0.25, 0.3) is 0 Å². The van der Waals surface area contributed by atoms with Gasteiger partial charge in [0.2, 0.25) is 0 Å². The van der Waals surface area contributed by atoms with Gasteiger partial charge in [-0.2, -0.15) is 0 Å². The van der Waals surface area contributed by atoms with Crippen LogP contribution in [0.15, 0.2) is 42.7 Å². The minimum atomic E-state index is 0.485. The summed E-state index contributed by atoms with van der Waals surface area (Å²) in [5.41, 5.74) is 1.43. The third-order valence-electron chi connectivity index (χ3n) is 7.13. The second-order valence-corrected chi connectivity index (χ2v) is 10.0. The Hall–Kier alpha value is -1.44. The smallest absolute Gasteiger partial charge is 0.104 e. The Morgan fingerprint density at radius 3 is 1.56 bits per heavy atom. The predicted molar refractivity (Wildman–Crippen MR) is 142 cm³/mol. The fourth-order valence-corrected chi connectivity index (χ4v) is 4.95. The lowest BCUT2D eigenvalue weighted by Gasteiger charge is -2.30. The molecule has 0 saturated carbocycles. The summed E-state index contributed by atoms with van der Waals surface area (Å²) >= 11 is 0. The van der Waals surface area contributed by atoms with Gasteiger partial charge < -0.3 is 9.80 Å². The summed E-state index contributed by atoms with van der Waals surface area (Å²) in [5.74, 6) is 0. The minimum absolute atomic E-state index is 0.485. The van der Waals surface area contributed by atoms with E-state index in [0.29, 0.717) is 6.17 Å². The van der Waals surface area contributed by atoms with Gasteiger partial charge in [0, 0.05) is 32.4 Å². The van der Waals surface area contributed by atoms with Crippen molar-refractivity contribution in [2.75, 3.05) is 13.6 Å². The monoisotopic (exact) mass is 440 g/mol. The standard InChI is InChI=1S/C30H52N2/c1-3-4-5-6-7-8-9-10-11-12-13-14-15-16-17-18-22-25-32-27-26-31(2)30(32)28-29-23-20-19-21-24-29/h19-21,23-24,26-27,30H,3-18,22,25,28H2,1-2H3. The Labute approximate surface area is 200 Å². The predicted octanol–water partition coefficient (Wildman–Crippen LogP) is 8.93. The summed E-state index contributed by atoms with van der Waals surface area (Å²) in [6, 6.07) is 10.9. The van der Waals surface area contributed by atoms with Crippen LogP contribution in [-0.2, 0) is 6.42 Å². The van der Waals surface area contributed by atoms with Crippen molar-refractivity contribution in [2.45, 2.75) is 129 Å². The maximum absolute atomic E-state index is 2.54. The molecular weight excluding hydrogens is 388 g/mol. The lowest BCUT2D eigenvalue weighted by atomic mass is 10.0. The van der Waals surface area contributed by atoms with Gasteiger partial charge in [0.15, 0.2) is 0 Å². The quantitative estimate of drug-likeness (QED) is 0.187. The van der Waals surface area contributed by atoms with Crippen molar-refractivity contribution in [1.29, 1.82) is 0 Å². The summed E-state index contributed by atoms with van der Waals surface area (Å²) in [6.07, 6.45) is 30.6. The highest BCUT2D eigenvalue weighted by atomic mass is 15.4. The van der Waals surface area contributed by atoms with Crippen molar-refractivity contribution in [3.63, 3.8) is 0 Å². The molecule has 2 rings (SSSR count). The molecule has 0 fully saturated rings. The fraction of sp³-hybridized carbons (Fsp3) is 0.733. The van der Waals surface area contributed by atoms with E-state index in [-0.39, 0.29) is 0 Å². The molecule has 0 spiro atoms. The van der Waals surface area contributed by atoms with Crippen LogP contribution >= 0.6 is 0 Å². The Balaban J connectivity index is 1.37. The third kappa shape index (κ3) is 12.0. The zero-order valence-electron chi connectivity index (χ0n) is 21.4. The van der Waals surface area contributed by atoms with Crippen LogP contribution in [0.2, 0.25) is 0 Å². The molecule has 1 aromatic carbocycles. The lowest BCUT2D eigenvalue weighted by molar-refractivity contribution is 0.173. The van der Waals surface area contributed by atoms with Crippen molar-refractivity contribution in [1.82, 2.24) is 9.80 Å². The topological polar surface area (TPSA) is 6.48 Å². The maximum atomic E-state index is 2.54. The number of unbranched alkanes of at least 4 members (excludes halogenated alkanes) is 16. The van der Waals surface area contributed by atoms with Crippen LogP contribution in [0.1, 0.15) is 122 Å². The summed E-state index contributed by atoms with van der Waals surface area (Å²) in [7, 11) is 2.21. The van der Waals surface area contributed by atoms with E-state index < -0.39 is 0 Å². The molecule has 0 aromatic heterocycles. The van der Waals surface area contributed by atoms with Crippen LogP contribution in [0.3, 0.4) is 0 Å². The molecule has 0 saturated heterocycles. The molecule has 32 heavy (non-hydrogen) atoms. The molecule has 2 heteroatoms. The molecule has 1 aliphatic rings. The lowest BCUT2D eigenvalue weighted by Crippen LogP contribution is -2.38. The molecule has 0 bridgehead atoms. The van der Waals surface area contributed by atoms with Gasteiger partial charge in [-0.25, -0.2) is 0 Å².